The fourth-order valence-electron chi connectivity index (χ4n) is 1.73. The van der Waals surface area contributed by atoms with Gasteiger partial charge < -0.3 is 9.15 Å². The molecule has 0 bridgehead atoms. The smallest absolute Gasteiger partial charge is 0.200 e. The standard InChI is InChI=1S/C14H17NO3S/c1-9(2)14(16)13-8-10-7-11(17-6-5-15-19)3-4-12(10)18-13/h3-4,7-9,15,19H,5-6H2,1-2H3. The van der Waals surface area contributed by atoms with Gasteiger partial charge in [0.2, 0.25) is 5.78 Å². The van der Waals surface area contributed by atoms with Crippen molar-refractivity contribution in [2.75, 3.05) is 13.2 Å². The van der Waals surface area contributed by atoms with Crippen LogP contribution in [0, 0.1) is 5.92 Å². The zero-order valence-corrected chi connectivity index (χ0v) is 11.9. The summed E-state index contributed by atoms with van der Waals surface area (Å²) in [4.78, 5) is 11.9. The number of benzene rings is 1. The Labute approximate surface area is 117 Å². The zero-order valence-electron chi connectivity index (χ0n) is 11.0. The average molecular weight is 279 g/mol. The van der Waals surface area contributed by atoms with E-state index in [2.05, 4.69) is 17.5 Å². The van der Waals surface area contributed by atoms with Gasteiger partial charge in [0.25, 0.3) is 0 Å². The maximum atomic E-state index is 11.9. The first kappa shape index (κ1) is 14.0. The molecule has 0 unspecified atom stereocenters. The molecule has 0 saturated heterocycles. The third kappa shape index (κ3) is 3.30. The van der Waals surface area contributed by atoms with Gasteiger partial charge in [-0.05, 0) is 24.3 Å². The second kappa shape index (κ2) is 6.12. The summed E-state index contributed by atoms with van der Waals surface area (Å²) >= 11 is 3.89. The first-order valence-electron chi connectivity index (χ1n) is 6.19. The summed E-state index contributed by atoms with van der Waals surface area (Å²) in [6.07, 6.45) is 0. The molecule has 4 nitrogen and oxygen atoms in total. The van der Waals surface area contributed by atoms with Crippen LogP contribution in [0.2, 0.25) is 0 Å². The molecule has 1 heterocycles. The molecule has 2 rings (SSSR count). The van der Waals surface area contributed by atoms with Crippen LogP contribution in [-0.2, 0) is 0 Å². The quantitative estimate of drug-likeness (QED) is 0.485. The minimum Gasteiger partial charge on any atom is -0.492 e. The lowest BCUT2D eigenvalue weighted by Gasteiger charge is -2.04. The van der Waals surface area contributed by atoms with Gasteiger partial charge in [-0.15, -0.1) is 0 Å². The number of rotatable bonds is 6. The Morgan fingerprint density at radius 3 is 2.89 bits per heavy atom. The van der Waals surface area contributed by atoms with Crippen LogP contribution in [0.25, 0.3) is 11.0 Å². The van der Waals surface area contributed by atoms with E-state index in [9.17, 15) is 4.79 Å². The van der Waals surface area contributed by atoms with Gasteiger partial charge in [0, 0.05) is 17.8 Å². The van der Waals surface area contributed by atoms with E-state index in [1.807, 2.05) is 32.0 Å². The Balaban J connectivity index is 2.21. The number of thiol groups is 1. The van der Waals surface area contributed by atoms with Crippen LogP contribution in [0.1, 0.15) is 24.4 Å². The highest BCUT2D eigenvalue weighted by Gasteiger charge is 2.15. The molecule has 0 aliphatic rings. The number of carbonyl (C=O) groups is 1. The molecule has 0 aliphatic heterocycles. The van der Waals surface area contributed by atoms with Crippen molar-refractivity contribution in [1.82, 2.24) is 4.72 Å². The highest BCUT2D eigenvalue weighted by atomic mass is 32.1. The van der Waals surface area contributed by atoms with E-state index in [1.54, 1.807) is 6.07 Å². The predicted octanol–water partition coefficient (Wildman–Crippen LogP) is 3.08. The van der Waals surface area contributed by atoms with Gasteiger partial charge in [0.1, 0.15) is 17.9 Å². The minimum atomic E-state index is -0.0715. The van der Waals surface area contributed by atoms with E-state index in [4.69, 9.17) is 9.15 Å². The Kier molecular flexibility index (Phi) is 4.50. The molecule has 0 aliphatic carbocycles. The van der Waals surface area contributed by atoms with Gasteiger partial charge in [-0.25, -0.2) is 0 Å². The van der Waals surface area contributed by atoms with Gasteiger partial charge in [0.15, 0.2) is 5.76 Å². The number of ketones is 1. The van der Waals surface area contributed by atoms with E-state index in [0.29, 0.717) is 24.5 Å². The summed E-state index contributed by atoms with van der Waals surface area (Å²) in [6.45, 7) is 4.90. The van der Waals surface area contributed by atoms with Gasteiger partial charge in [-0.3, -0.25) is 9.52 Å². The molecule has 0 saturated carbocycles. The van der Waals surface area contributed by atoms with Crippen LogP contribution in [-0.4, -0.2) is 18.9 Å². The number of carbonyl (C=O) groups excluding carboxylic acids is 1. The average Bonchev–Trinajstić information content (AvgIpc) is 2.81. The zero-order chi connectivity index (χ0) is 13.8. The van der Waals surface area contributed by atoms with Crippen LogP contribution in [0.3, 0.4) is 0 Å². The molecule has 0 spiro atoms. The molecule has 0 radical (unpaired) electrons. The van der Waals surface area contributed by atoms with Crippen molar-refractivity contribution in [1.29, 1.82) is 0 Å². The van der Waals surface area contributed by atoms with Crippen molar-refractivity contribution in [3.63, 3.8) is 0 Å². The van der Waals surface area contributed by atoms with Crippen LogP contribution in [0.4, 0.5) is 0 Å². The topological polar surface area (TPSA) is 51.5 Å². The van der Waals surface area contributed by atoms with Gasteiger partial charge >= 0.3 is 0 Å². The lowest BCUT2D eigenvalue weighted by molar-refractivity contribution is 0.0913. The van der Waals surface area contributed by atoms with E-state index in [-0.39, 0.29) is 11.7 Å². The highest BCUT2D eigenvalue weighted by Crippen LogP contribution is 2.25. The number of furan rings is 1. The van der Waals surface area contributed by atoms with Crippen molar-refractivity contribution < 1.29 is 13.9 Å². The van der Waals surface area contributed by atoms with E-state index in [0.717, 1.165) is 11.1 Å². The third-order valence-corrected chi connectivity index (χ3v) is 2.96. The molecule has 2 aromatic rings. The van der Waals surface area contributed by atoms with Gasteiger partial charge in [0.05, 0.1) is 0 Å². The lowest BCUT2D eigenvalue weighted by atomic mass is 10.1. The van der Waals surface area contributed by atoms with Crippen molar-refractivity contribution >= 4 is 29.6 Å². The van der Waals surface area contributed by atoms with Crippen molar-refractivity contribution in [2.24, 2.45) is 5.92 Å². The van der Waals surface area contributed by atoms with Crippen molar-refractivity contribution in [3.05, 3.63) is 30.0 Å². The molecule has 19 heavy (non-hydrogen) atoms. The highest BCUT2D eigenvalue weighted by molar-refractivity contribution is 7.78. The van der Waals surface area contributed by atoms with Gasteiger partial charge in [-0.1, -0.05) is 26.7 Å². The first-order chi connectivity index (χ1) is 9.11. The third-order valence-electron chi connectivity index (χ3n) is 2.74. The number of ether oxygens (including phenoxy) is 1. The molecule has 102 valence electrons. The maximum Gasteiger partial charge on any atom is 0.200 e. The molecule has 1 aromatic carbocycles. The molecular formula is C14H17NO3S. The Hall–Kier alpha value is -1.46. The number of hydrogen-bond donors (Lipinski definition) is 2. The Morgan fingerprint density at radius 1 is 1.42 bits per heavy atom. The summed E-state index contributed by atoms with van der Waals surface area (Å²) in [7, 11) is 0. The number of Topliss-reactive ketones (excluding diaryl/α,β-unsaturated/α-hetero) is 1. The number of fused-ring (bicyclic) bond motifs is 1. The molecule has 0 fully saturated rings. The number of nitrogens with one attached hydrogen (secondary N) is 1. The van der Waals surface area contributed by atoms with E-state index >= 15 is 0 Å². The second-order valence-electron chi connectivity index (χ2n) is 4.59. The summed E-state index contributed by atoms with van der Waals surface area (Å²) in [5, 5.41) is 0.875. The predicted molar refractivity (Wildman–Crippen MR) is 77.9 cm³/mol. The van der Waals surface area contributed by atoms with Gasteiger partial charge in [-0.2, -0.15) is 0 Å². The minimum absolute atomic E-state index is 0.0120. The largest absolute Gasteiger partial charge is 0.492 e. The molecule has 1 aromatic heterocycles. The number of hydrogen-bond acceptors (Lipinski definition) is 5. The Morgan fingerprint density at radius 2 is 2.21 bits per heavy atom. The van der Waals surface area contributed by atoms with E-state index < -0.39 is 0 Å². The molecule has 0 amide bonds. The van der Waals surface area contributed by atoms with Crippen LogP contribution >= 0.6 is 12.8 Å². The summed E-state index contributed by atoms with van der Waals surface area (Å²) in [5.74, 6) is 1.09. The first-order valence-corrected chi connectivity index (χ1v) is 6.64. The molecule has 0 atom stereocenters. The molecule has 1 N–H and O–H groups in total. The summed E-state index contributed by atoms with van der Waals surface area (Å²) < 4.78 is 13.8. The second-order valence-corrected chi connectivity index (χ2v) is 4.90. The SMILES string of the molecule is CC(C)C(=O)c1cc2cc(OCCNS)ccc2o1. The van der Waals surface area contributed by atoms with Crippen LogP contribution in [0.5, 0.6) is 5.75 Å². The Bertz CT molecular complexity index is 577. The molecule has 5 heteroatoms. The fraction of sp³-hybridized carbons (Fsp3) is 0.357. The maximum absolute atomic E-state index is 11.9. The normalized spacial score (nSPS) is 11.2. The van der Waals surface area contributed by atoms with E-state index in [1.165, 1.54) is 0 Å². The van der Waals surface area contributed by atoms with Crippen LogP contribution in [0.15, 0.2) is 28.7 Å². The summed E-state index contributed by atoms with van der Waals surface area (Å²) in [6, 6.07) is 7.28. The lowest BCUT2D eigenvalue weighted by Crippen LogP contribution is -2.11. The monoisotopic (exact) mass is 279 g/mol. The fourth-order valence-corrected chi connectivity index (χ4v) is 1.82. The van der Waals surface area contributed by atoms with Crippen molar-refractivity contribution in [2.45, 2.75) is 13.8 Å². The van der Waals surface area contributed by atoms with Crippen LogP contribution < -0.4 is 9.46 Å². The van der Waals surface area contributed by atoms with Crippen molar-refractivity contribution in [3.8, 4) is 5.75 Å². The summed E-state index contributed by atoms with van der Waals surface area (Å²) in [5.41, 5.74) is 0.698. The molecular weight excluding hydrogens is 262 g/mol.